The first-order chi connectivity index (χ1) is 19.1. The minimum absolute atomic E-state index is 0.0439. The minimum atomic E-state index is -0.0439. The summed E-state index contributed by atoms with van der Waals surface area (Å²) in [6.45, 7) is 4.68. The number of pyridine rings is 2. The van der Waals surface area contributed by atoms with Crippen LogP contribution < -0.4 is 0 Å². The van der Waals surface area contributed by atoms with E-state index in [2.05, 4.69) is 129 Å². The Labute approximate surface area is 227 Å². The van der Waals surface area contributed by atoms with Crippen molar-refractivity contribution in [1.82, 2.24) is 9.97 Å². The maximum atomic E-state index is 5.23. The molecule has 0 aliphatic heterocycles. The van der Waals surface area contributed by atoms with Crippen LogP contribution in [0.5, 0.6) is 0 Å². The highest BCUT2D eigenvalue weighted by Gasteiger charge is 2.36. The van der Waals surface area contributed by atoms with Gasteiger partial charge in [-0.2, -0.15) is 0 Å². The second-order valence-corrected chi connectivity index (χ2v) is 11.0. The normalized spacial score (nSPS) is 13.6. The number of benzene rings is 5. The van der Waals surface area contributed by atoms with Crippen LogP contribution in [0, 0.1) is 0 Å². The molecule has 2 aromatic heterocycles. The average Bonchev–Trinajstić information content (AvgIpc) is 3.23. The third-order valence-electron chi connectivity index (χ3n) is 8.51. The molecule has 184 valence electrons. The highest BCUT2D eigenvalue weighted by atomic mass is 14.7. The zero-order valence-corrected chi connectivity index (χ0v) is 21.9. The van der Waals surface area contributed by atoms with Crippen molar-refractivity contribution in [1.29, 1.82) is 0 Å². The van der Waals surface area contributed by atoms with Crippen LogP contribution in [0.4, 0.5) is 0 Å². The topological polar surface area (TPSA) is 25.8 Å². The molecule has 0 spiro atoms. The van der Waals surface area contributed by atoms with Gasteiger partial charge in [0.05, 0.1) is 16.9 Å². The van der Waals surface area contributed by atoms with Gasteiger partial charge in [-0.05, 0) is 39.8 Å². The fraction of sp³-hybridized carbons (Fsp3) is 0.0811. The number of fused-ring (bicyclic) bond motifs is 8. The van der Waals surface area contributed by atoms with Crippen molar-refractivity contribution in [2.45, 2.75) is 19.3 Å². The molecule has 5 aromatic carbocycles. The lowest BCUT2D eigenvalue weighted by atomic mass is 9.82. The largest absolute Gasteiger partial charge is 0.256 e. The van der Waals surface area contributed by atoms with E-state index >= 15 is 0 Å². The summed E-state index contributed by atoms with van der Waals surface area (Å²) in [7, 11) is 0. The van der Waals surface area contributed by atoms with Gasteiger partial charge in [0.1, 0.15) is 0 Å². The van der Waals surface area contributed by atoms with Crippen LogP contribution in [0.1, 0.15) is 25.0 Å². The van der Waals surface area contributed by atoms with Crippen molar-refractivity contribution in [2.24, 2.45) is 0 Å². The number of rotatable bonds is 2. The maximum Gasteiger partial charge on any atom is 0.0788 e. The number of hydrogen-bond acceptors (Lipinski definition) is 2. The number of hydrogen-bond donors (Lipinski definition) is 0. The van der Waals surface area contributed by atoms with Crippen molar-refractivity contribution >= 4 is 32.4 Å². The summed E-state index contributed by atoms with van der Waals surface area (Å²) in [5.41, 5.74) is 10.7. The van der Waals surface area contributed by atoms with Crippen LogP contribution in [0.2, 0.25) is 0 Å². The number of aromatic nitrogens is 2. The lowest BCUT2D eigenvalue weighted by molar-refractivity contribution is 0.661. The molecule has 2 heteroatoms. The van der Waals surface area contributed by atoms with Crippen LogP contribution in [-0.2, 0) is 5.41 Å². The van der Waals surface area contributed by atoms with Gasteiger partial charge in [0.15, 0.2) is 0 Å². The summed E-state index contributed by atoms with van der Waals surface area (Å²) in [6.07, 6.45) is 1.89. The molecule has 0 bridgehead atoms. The predicted octanol–water partition coefficient (Wildman–Crippen LogP) is 9.58. The quantitative estimate of drug-likeness (QED) is 0.222. The van der Waals surface area contributed by atoms with Gasteiger partial charge in [-0.3, -0.25) is 4.98 Å². The van der Waals surface area contributed by atoms with E-state index in [0.717, 1.165) is 28.0 Å². The van der Waals surface area contributed by atoms with Crippen molar-refractivity contribution in [3.8, 4) is 33.6 Å². The van der Waals surface area contributed by atoms with Crippen LogP contribution in [0.25, 0.3) is 66.1 Å². The van der Waals surface area contributed by atoms with Crippen molar-refractivity contribution in [2.75, 3.05) is 0 Å². The molecule has 0 saturated heterocycles. The minimum Gasteiger partial charge on any atom is -0.256 e. The zero-order valence-electron chi connectivity index (χ0n) is 21.9. The van der Waals surface area contributed by atoms with Crippen LogP contribution in [-0.4, -0.2) is 9.97 Å². The van der Waals surface area contributed by atoms with Crippen molar-refractivity contribution in [3.63, 3.8) is 0 Å². The van der Waals surface area contributed by atoms with Gasteiger partial charge < -0.3 is 0 Å². The Morgan fingerprint density at radius 2 is 1.23 bits per heavy atom. The molecule has 0 atom stereocenters. The molecule has 0 amide bonds. The first kappa shape index (κ1) is 22.2. The van der Waals surface area contributed by atoms with Crippen LogP contribution in [0.15, 0.2) is 121 Å². The lowest BCUT2D eigenvalue weighted by Crippen LogP contribution is -2.14. The highest BCUT2D eigenvalue weighted by molar-refractivity contribution is 6.19. The highest BCUT2D eigenvalue weighted by Crippen LogP contribution is 2.53. The van der Waals surface area contributed by atoms with Gasteiger partial charge in [-0.25, -0.2) is 4.98 Å². The molecule has 1 aliphatic carbocycles. The monoisotopic (exact) mass is 498 g/mol. The van der Waals surface area contributed by atoms with E-state index in [1.165, 1.54) is 49.2 Å². The third-order valence-corrected chi connectivity index (χ3v) is 8.51. The number of para-hydroxylation sites is 1. The summed E-state index contributed by atoms with van der Waals surface area (Å²) in [5.74, 6) is 0. The summed E-state index contributed by atoms with van der Waals surface area (Å²) in [4.78, 5) is 9.96. The summed E-state index contributed by atoms with van der Waals surface area (Å²) in [5, 5.41) is 6.06. The fourth-order valence-electron chi connectivity index (χ4n) is 6.59. The molecule has 0 saturated carbocycles. The maximum absolute atomic E-state index is 5.23. The Kier molecular flexibility index (Phi) is 4.60. The van der Waals surface area contributed by atoms with Gasteiger partial charge in [-0.15, -0.1) is 0 Å². The smallest absolute Gasteiger partial charge is 0.0788 e. The van der Waals surface area contributed by atoms with Gasteiger partial charge in [0.25, 0.3) is 0 Å². The molecule has 39 heavy (non-hydrogen) atoms. The predicted molar refractivity (Wildman–Crippen MR) is 163 cm³/mol. The van der Waals surface area contributed by atoms with Crippen molar-refractivity contribution < 1.29 is 0 Å². The van der Waals surface area contributed by atoms with Crippen molar-refractivity contribution in [3.05, 3.63) is 133 Å². The standard InChI is InChI=1S/C37H26N2/c1-37(2)30-13-7-5-11-27(30)34-31(37)20-19-29-33(34)28-12-6-8-14-32(28)39-36(29)25-17-15-24(16-18-25)35-26-10-4-3-9-23(26)21-22-38-35/h3-22H,1-2H3. The fourth-order valence-corrected chi connectivity index (χ4v) is 6.59. The van der Waals surface area contributed by atoms with Gasteiger partial charge >= 0.3 is 0 Å². The Hall–Kier alpha value is -4.82. The Morgan fingerprint density at radius 3 is 2.08 bits per heavy atom. The van der Waals surface area contributed by atoms with E-state index in [0.29, 0.717) is 0 Å². The van der Waals surface area contributed by atoms with Gasteiger partial charge in [-0.1, -0.05) is 117 Å². The summed E-state index contributed by atoms with van der Waals surface area (Å²) >= 11 is 0. The van der Waals surface area contributed by atoms with E-state index in [4.69, 9.17) is 9.97 Å². The lowest BCUT2D eigenvalue weighted by Gasteiger charge is -2.22. The average molecular weight is 499 g/mol. The van der Waals surface area contributed by atoms with E-state index in [1.54, 1.807) is 0 Å². The molecule has 0 fully saturated rings. The van der Waals surface area contributed by atoms with E-state index < -0.39 is 0 Å². The van der Waals surface area contributed by atoms with E-state index in [9.17, 15) is 0 Å². The van der Waals surface area contributed by atoms with Gasteiger partial charge in [0.2, 0.25) is 0 Å². The third kappa shape index (κ3) is 3.15. The molecule has 0 N–H and O–H groups in total. The summed E-state index contributed by atoms with van der Waals surface area (Å²) < 4.78 is 0. The molecule has 2 nitrogen and oxygen atoms in total. The SMILES string of the molecule is CC1(C)c2ccccc2-c2c1ccc1c(-c3ccc(-c4nccc5ccccc45)cc3)nc3ccccc3c21. The Morgan fingerprint density at radius 1 is 0.538 bits per heavy atom. The van der Waals surface area contributed by atoms with Gasteiger partial charge in [0, 0.05) is 44.3 Å². The number of nitrogens with zero attached hydrogens (tertiary/aromatic N) is 2. The molecule has 0 unspecified atom stereocenters. The zero-order chi connectivity index (χ0) is 26.1. The second kappa shape index (κ2) is 8.09. The first-order valence-corrected chi connectivity index (χ1v) is 13.5. The molecular weight excluding hydrogens is 472 g/mol. The molecule has 8 rings (SSSR count). The molecule has 0 radical (unpaired) electrons. The summed E-state index contributed by atoms with van der Waals surface area (Å²) in [6, 6.07) is 41.3. The Bertz CT molecular complexity index is 2080. The molecular formula is C37H26N2. The first-order valence-electron chi connectivity index (χ1n) is 13.5. The Balaban J connectivity index is 1.38. The molecule has 7 aromatic rings. The van der Waals surface area contributed by atoms with Crippen LogP contribution in [0.3, 0.4) is 0 Å². The van der Waals surface area contributed by atoms with Crippen LogP contribution >= 0.6 is 0 Å². The molecule has 2 heterocycles. The van der Waals surface area contributed by atoms with E-state index in [-0.39, 0.29) is 5.41 Å². The molecule has 1 aliphatic rings. The second-order valence-electron chi connectivity index (χ2n) is 11.0. The van der Waals surface area contributed by atoms with E-state index in [1.807, 2.05) is 6.20 Å².